The van der Waals surface area contributed by atoms with E-state index in [1.165, 1.54) is 6.42 Å². The first-order chi connectivity index (χ1) is 9.85. The Morgan fingerprint density at radius 2 is 2.25 bits per heavy atom. The zero-order chi connectivity index (χ0) is 13.8. The van der Waals surface area contributed by atoms with Crippen LogP contribution in [0.25, 0.3) is 11.6 Å². The van der Waals surface area contributed by atoms with Crippen molar-refractivity contribution in [2.24, 2.45) is 5.92 Å². The van der Waals surface area contributed by atoms with Crippen LogP contribution in [0.5, 0.6) is 0 Å². The van der Waals surface area contributed by atoms with Gasteiger partial charge in [-0.1, -0.05) is 0 Å². The predicted molar refractivity (Wildman–Crippen MR) is 75.0 cm³/mol. The van der Waals surface area contributed by atoms with Gasteiger partial charge in [-0.2, -0.15) is 0 Å². The van der Waals surface area contributed by atoms with Crippen LogP contribution in [0.15, 0.2) is 35.2 Å². The lowest BCUT2D eigenvalue weighted by molar-refractivity contribution is 0.152. The first kappa shape index (κ1) is 13.3. The lowest BCUT2D eigenvalue weighted by Crippen LogP contribution is -2.21. The van der Waals surface area contributed by atoms with Gasteiger partial charge >= 0.3 is 0 Å². The minimum absolute atomic E-state index is 0.637. The van der Waals surface area contributed by atoms with Crippen LogP contribution in [0, 0.1) is 5.92 Å². The van der Waals surface area contributed by atoms with Crippen LogP contribution in [0.2, 0.25) is 0 Å². The van der Waals surface area contributed by atoms with Crippen molar-refractivity contribution in [1.82, 2.24) is 14.9 Å². The quantitative estimate of drug-likeness (QED) is 0.836. The highest BCUT2D eigenvalue weighted by Crippen LogP contribution is 2.19. The molecule has 106 valence electrons. The lowest BCUT2D eigenvalue weighted by Gasteiger charge is -2.15. The number of aromatic nitrogens is 2. The maximum atomic E-state index is 5.28. The Balaban J connectivity index is 1.59. The van der Waals surface area contributed by atoms with E-state index in [1.54, 1.807) is 13.4 Å². The van der Waals surface area contributed by atoms with Gasteiger partial charge in [0.25, 0.3) is 0 Å². The molecule has 1 fully saturated rings. The number of ether oxygens (including phenoxy) is 1. The number of rotatable bonds is 5. The Morgan fingerprint density at radius 1 is 1.40 bits per heavy atom. The summed E-state index contributed by atoms with van der Waals surface area (Å²) in [5, 5.41) is 0. The number of likely N-dealkylation sites (tertiary alicyclic amines) is 1. The van der Waals surface area contributed by atoms with Crippen molar-refractivity contribution in [2.45, 2.75) is 13.0 Å². The molecule has 2 aromatic heterocycles. The van der Waals surface area contributed by atoms with Crippen LogP contribution in [-0.2, 0) is 11.3 Å². The van der Waals surface area contributed by atoms with E-state index in [9.17, 15) is 0 Å². The molecule has 3 rings (SSSR count). The maximum Gasteiger partial charge on any atom is 0.195 e. The second-order valence-electron chi connectivity index (χ2n) is 5.24. The largest absolute Gasteiger partial charge is 0.461 e. The van der Waals surface area contributed by atoms with Crippen LogP contribution < -0.4 is 0 Å². The van der Waals surface area contributed by atoms with Gasteiger partial charge in [0.05, 0.1) is 12.9 Å². The van der Waals surface area contributed by atoms with E-state index in [0.29, 0.717) is 17.5 Å². The normalized spacial score (nSPS) is 19.6. The van der Waals surface area contributed by atoms with Gasteiger partial charge in [-0.25, -0.2) is 9.97 Å². The van der Waals surface area contributed by atoms with Crippen LogP contribution in [0.4, 0.5) is 0 Å². The molecule has 0 bridgehead atoms. The third-order valence-electron chi connectivity index (χ3n) is 3.63. The van der Waals surface area contributed by atoms with Crippen molar-refractivity contribution < 1.29 is 9.15 Å². The molecule has 5 nitrogen and oxygen atoms in total. The summed E-state index contributed by atoms with van der Waals surface area (Å²) in [6, 6.07) is 3.71. The molecule has 0 unspecified atom stereocenters. The van der Waals surface area contributed by atoms with Crippen LogP contribution in [0.1, 0.15) is 12.0 Å². The van der Waals surface area contributed by atoms with Gasteiger partial charge in [0, 0.05) is 38.2 Å². The Bertz CT molecular complexity index is 525. The molecule has 20 heavy (non-hydrogen) atoms. The Morgan fingerprint density at radius 3 is 2.95 bits per heavy atom. The monoisotopic (exact) mass is 273 g/mol. The third-order valence-corrected chi connectivity index (χ3v) is 3.63. The van der Waals surface area contributed by atoms with E-state index < -0.39 is 0 Å². The number of hydrogen-bond acceptors (Lipinski definition) is 5. The minimum atomic E-state index is 0.637. The zero-order valence-electron chi connectivity index (χ0n) is 11.7. The van der Waals surface area contributed by atoms with Gasteiger partial charge < -0.3 is 9.15 Å². The summed E-state index contributed by atoms with van der Waals surface area (Å²) in [4.78, 5) is 11.2. The van der Waals surface area contributed by atoms with Crippen LogP contribution in [-0.4, -0.2) is 41.7 Å². The summed E-state index contributed by atoms with van der Waals surface area (Å²) < 4.78 is 10.5. The van der Waals surface area contributed by atoms with Crippen molar-refractivity contribution in [3.8, 4) is 11.6 Å². The highest BCUT2D eigenvalue weighted by atomic mass is 16.5. The first-order valence-corrected chi connectivity index (χ1v) is 6.91. The fourth-order valence-corrected chi connectivity index (χ4v) is 2.66. The molecule has 0 saturated carbocycles. The fourth-order valence-electron chi connectivity index (χ4n) is 2.66. The van der Waals surface area contributed by atoms with E-state index in [4.69, 9.17) is 9.15 Å². The van der Waals surface area contributed by atoms with E-state index in [0.717, 1.165) is 31.8 Å². The van der Waals surface area contributed by atoms with Crippen molar-refractivity contribution in [1.29, 1.82) is 0 Å². The highest BCUT2D eigenvalue weighted by molar-refractivity contribution is 5.45. The summed E-state index contributed by atoms with van der Waals surface area (Å²) in [5.74, 6) is 2.00. The van der Waals surface area contributed by atoms with Gasteiger partial charge in [0.2, 0.25) is 0 Å². The maximum absolute atomic E-state index is 5.28. The summed E-state index contributed by atoms with van der Waals surface area (Å²) in [6.45, 7) is 3.96. The van der Waals surface area contributed by atoms with Gasteiger partial charge in [-0.3, -0.25) is 4.90 Å². The highest BCUT2D eigenvalue weighted by Gasteiger charge is 2.22. The van der Waals surface area contributed by atoms with E-state index in [-0.39, 0.29) is 0 Å². The molecule has 1 atom stereocenters. The first-order valence-electron chi connectivity index (χ1n) is 6.91. The topological polar surface area (TPSA) is 51.4 Å². The molecule has 2 aromatic rings. The van der Waals surface area contributed by atoms with Gasteiger partial charge in [0.1, 0.15) is 0 Å². The molecule has 0 radical (unpaired) electrons. The lowest BCUT2D eigenvalue weighted by atomic mass is 10.1. The van der Waals surface area contributed by atoms with Crippen molar-refractivity contribution in [3.05, 3.63) is 36.4 Å². The predicted octanol–water partition coefficient (Wildman–Crippen LogP) is 2.20. The standard InChI is InChI=1S/C15H19N3O2/c1-19-11-12-4-5-18(9-12)10-13-7-16-15(17-8-13)14-3-2-6-20-14/h2-3,6-8,12H,4-5,9-11H2,1H3/t12-/m0/s1. The molecule has 0 spiro atoms. The summed E-state index contributed by atoms with van der Waals surface area (Å²) >= 11 is 0. The average Bonchev–Trinajstić information content (AvgIpc) is 3.12. The Kier molecular flexibility index (Phi) is 4.08. The molecule has 0 amide bonds. The van der Waals surface area contributed by atoms with Crippen LogP contribution >= 0.6 is 0 Å². The SMILES string of the molecule is COC[C@H]1CCN(Cc2cnc(-c3ccco3)nc2)C1. The third kappa shape index (κ3) is 3.05. The van der Waals surface area contributed by atoms with E-state index in [1.807, 2.05) is 24.5 Å². The molecule has 1 aliphatic heterocycles. The number of methoxy groups -OCH3 is 1. The zero-order valence-corrected chi connectivity index (χ0v) is 11.7. The summed E-state index contributed by atoms with van der Waals surface area (Å²) in [7, 11) is 1.77. The van der Waals surface area contributed by atoms with Gasteiger partial charge in [-0.05, 0) is 31.0 Å². The number of nitrogens with zero attached hydrogens (tertiary/aromatic N) is 3. The van der Waals surface area contributed by atoms with E-state index in [2.05, 4.69) is 14.9 Å². The van der Waals surface area contributed by atoms with Crippen molar-refractivity contribution in [3.63, 3.8) is 0 Å². The fraction of sp³-hybridized carbons (Fsp3) is 0.467. The van der Waals surface area contributed by atoms with Gasteiger partial charge in [0.15, 0.2) is 11.6 Å². The van der Waals surface area contributed by atoms with Gasteiger partial charge in [-0.15, -0.1) is 0 Å². The summed E-state index contributed by atoms with van der Waals surface area (Å²) in [6.07, 6.45) is 6.61. The molecule has 0 aromatic carbocycles. The number of furan rings is 1. The van der Waals surface area contributed by atoms with Crippen molar-refractivity contribution in [2.75, 3.05) is 26.8 Å². The second-order valence-corrected chi connectivity index (χ2v) is 5.24. The molecule has 3 heterocycles. The Labute approximate surface area is 118 Å². The molecular formula is C15H19N3O2. The van der Waals surface area contributed by atoms with Crippen molar-refractivity contribution >= 4 is 0 Å². The molecule has 0 aliphatic carbocycles. The smallest absolute Gasteiger partial charge is 0.195 e. The average molecular weight is 273 g/mol. The van der Waals surface area contributed by atoms with Crippen LogP contribution in [0.3, 0.4) is 0 Å². The molecule has 5 heteroatoms. The Hall–Kier alpha value is -1.72. The molecule has 0 N–H and O–H groups in total. The molecular weight excluding hydrogens is 254 g/mol. The number of hydrogen-bond donors (Lipinski definition) is 0. The molecule has 1 saturated heterocycles. The second kappa shape index (κ2) is 6.15. The minimum Gasteiger partial charge on any atom is -0.461 e. The van der Waals surface area contributed by atoms with E-state index >= 15 is 0 Å². The summed E-state index contributed by atoms with van der Waals surface area (Å²) in [5.41, 5.74) is 1.14. The molecule has 1 aliphatic rings.